The van der Waals surface area contributed by atoms with Crippen LogP contribution in [0, 0.1) is 0 Å². The molecular formula is C60H115N2O7P. The van der Waals surface area contributed by atoms with E-state index < -0.39 is 26.6 Å². The number of rotatable bonds is 54. The van der Waals surface area contributed by atoms with E-state index in [0.717, 1.165) is 89.9 Å². The van der Waals surface area contributed by atoms with E-state index in [9.17, 15) is 19.0 Å². The number of allylic oxidation sites excluding steroid dienone is 5. The maximum atomic E-state index is 13.5. The zero-order chi connectivity index (χ0) is 51.5. The molecule has 0 saturated heterocycles. The predicted molar refractivity (Wildman–Crippen MR) is 298 cm³/mol. The summed E-state index contributed by atoms with van der Waals surface area (Å²) in [5.74, 6) is -0.548. The highest BCUT2D eigenvalue weighted by atomic mass is 31.2. The van der Waals surface area contributed by atoms with Crippen molar-refractivity contribution in [2.75, 3.05) is 40.9 Å². The van der Waals surface area contributed by atoms with Crippen molar-refractivity contribution in [2.24, 2.45) is 0 Å². The van der Waals surface area contributed by atoms with E-state index in [1.54, 1.807) is 0 Å². The van der Waals surface area contributed by atoms with Crippen LogP contribution < -0.4 is 10.2 Å². The summed E-state index contributed by atoms with van der Waals surface area (Å²) in [6, 6.07) is -0.890. The molecule has 0 aromatic heterocycles. The van der Waals surface area contributed by atoms with Gasteiger partial charge in [0, 0.05) is 12.8 Å². The number of likely N-dealkylation sites (N-methyl/N-ethyl adjacent to an activating group) is 1. The van der Waals surface area contributed by atoms with Crippen molar-refractivity contribution in [1.29, 1.82) is 0 Å². The van der Waals surface area contributed by atoms with E-state index in [1.807, 2.05) is 33.3 Å². The van der Waals surface area contributed by atoms with Gasteiger partial charge in [0.15, 0.2) is 0 Å². The summed E-state index contributed by atoms with van der Waals surface area (Å²) in [5.41, 5.74) is 0. The standard InChI is InChI=1S/C60H115N2O7P/c1-7-10-13-16-19-22-25-27-29-31-33-35-38-41-44-47-50-53-60(64)69-58(51-48-45-42-39-36-24-21-18-15-12-9-3)57(56-68-70(65,66)67-55-54-62(4,5)6)61-59(63)52-49-46-43-40-37-34-32-30-28-26-23-20-17-14-11-8-2/h27,29-30,32,48,51,57-58H,7-26,28,31,33-47,49-50,52-56H2,1-6H3,(H-,61,63,65,66)/b29-27+,32-30+,51-48+. The molecule has 0 aromatic rings. The Morgan fingerprint density at radius 3 is 1.21 bits per heavy atom. The van der Waals surface area contributed by atoms with Crippen LogP contribution in [0.1, 0.15) is 284 Å². The number of ether oxygens (including phenoxy) is 1. The molecule has 0 spiro atoms. The van der Waals surface area contributed by atoms with Gasteiger partial charge >= 0.3 is 5.97 Å². The second-order valence-corrected chi connectivity index (χ2v) is 22.9. The van der Waals surface area contributed by atoms with Gasteiger partial charge in [0.1, 0.15) is 19.3 Å². The molecule has 70 heavy (non-hydrogen) atoms. The fourth-order valence-electron chi connectivity index (χ4n) is 8.63. The minimum absolute atomic E-state index is 0.0232. The SMILES string of the molecule is CCCCCCCC/C=C/CCCCCCCCCC(=O)OC(/C=C/CCCCCCCCCCC)C(COP(=O)([O-])OCC[N+](C)(C)C)NC(=O)CCCCCCC/C=C/CCCCCCCCC. The molecule has 1 amide bonds. The van der Waals surface area contributed by atoms with Crippen molar-refractivity contribution in [2.45, 2.75) is 296 Å². The molecule has 0 fully saturated rings. The Kier molecular flexibility index (Phi) is 49.5. The number of esters is 1. The molecule has 0 bridgehead atoms. The lowest BCUT2D eigenvalue weighted by Crippen LogP contribution is -2.47. The summed E-state index contributed by atoms with van der Waals surface area (Å²) in [6.07, 6.45) is 59.6. The summed E-state index contributed by atoms with van der Waals surface area (Å²) < 4.78 is 30.2. The number of nitrogens with zero attached hydrogens (tertiary/aromatic N) is 1. The van der Waals surface area contributed by atoms with E-state index in [1.165, 1.54) is 161 Å². The highest BCUT2D eigenvalue weighted by molar-refractivity contribution is 7.45. The summed E-state index contributed by atoms with van der Waals surface area (Å²) in [7, 11) is 1.18. The maximum Gasteiger partial charge on any atom is 0.306 e. The molecule has 412 valence electrons. The number of nitrogens with one attached hydrogen (secondary N) is 1. The molecule has 0 aliphatic heterocycles. The van der Waals surface area contributed by atoms with Gasteiger partial charge in [-0.15, -0.1) is 0 Å². The number of phosphoric ester groups is 1. The molecule has 0 aliphatic carbocycles. The number of hydrogen-bond acceptors (Lipinski definition) is 7. The lowest BCUT2D eigenvalue weighted by molar-refractivity contribution is -0.870. The van der Waals surface area contributed by atoms with Crippen LogP contribution in [0.25, 0.3) is 0 Å². The number of hydrogen-bond donors (Lipinski definition) is 1. The number of carbonyl (C=O) groups excluding carboxylic acids is 2. The molecule has 3 atom stereocenters. The van der Waals surface area contributed by atoms with E-state index in [4.69, 9.17) is 13.8 Å². The smallest absolute Gasteiger partial charge is 0.306 e. The number of quaternary nitrogens is 1. The highest BCUT2D eigenvalue weighted by Crippen LogP contribution is 2.38. The minimum Gasteiger partial charge on any atom is -0.756 e. The molecule has 10 heteroatoms. The van der Waals surface area contributed by atoms with Crippen LogP contribution in [0.15, 0.2) is 36.5 Å². The summed E-state index contributed by atoms with van der Waals surface area (Å²) in [6.45, 7) is 6.84. The third kappa shape index (κ3) is 51.1. The second-order valence-electron chi connectivity index (χ2n) is 21.5. The van der Waals surface area contributed by atoms with Crippen molar-refractivity contribution in [3.05, 3.63) is 36.5 Å². The molecule has 0 rings (SSSR count). The van der Waals surface area contributed by atoms with Gasteiger partial charge in [-0.3, -0.25) is 14.2 Å². The molecule has 3 unspecified atom stereocenters. The lowest BCUT2D eigenvalue weighted by Gasteiger charge is -2.30. The first-order chi connectivity index (χ1) is 33.9. The molecule has 0 aromatic carbocycles. The van der Waals surface area contributed by atoms with Gasteiger partial charge in [0.25, 0.3) is 7.82 Å². The normalized spacial score (nSPS) is 14.0. The first-order valence-corrected chi connectivity index (χ1v) is 31.3. The van der Waals surface area contributed by atoms with Crippen molar-refractivity contribution in [1.82, 2.24) is 5.32 Å². The number of amides is 1. The Balaban J connectivity index is 5.28. The fourth-order valence-corrected chi connectivity index (χ4v) is 9.35. The van der Waals surface area contributed by atoms with Gasteiger partial charge in [-0.2, -0.15) is 0 Å². The zero-order valence-corrected chi connectivity index (χ0v) is 47.9. The quantitative estimate of drug-likeness (QED) is 0.0212. The van der Waals surface area contributed by atoms with Crippen LogP contribution in [0.2, 0.25) is 0 Å². The van der Waals surface area contributed by atoms with Crippen molar-refractivity contribution in [3.63, 3.8) is 0 Å². The van der Waals surface area contributed by atoms with Crippen LogP contribution >= 0.6 is 7.82 Å². The average Bonchev–Trinajstić information content (AvgIpc) is 3.32. The third-order valence-electron chi connectivity index (χ3n) is 13.3. The van der Waals surface area contributed by atoms with E-state index in [2.05, 4.69) is 50.4 Å². The van der Waals surface area contributed by atoms with Gasteiger partial charge in [-0.05, 0) is 83.1 Å². The number of carbonyl (C=O) groups is 2. The lowest BCUT2D eigenvalue weighted by atomic mass is 10.1. The van der Waals surface area contributed by atoms with Crippen molar-refractivity contribution in [3.8, 4) is 0 Å². The largest absolute Gasteiger partial charge is 0.756 e. The van der Waals surface area contributed by atoms with Crippen LogP contribution in [-0.4, -0.2) is 69.4 Å². The number of unbranched alkanes of at least 4 members (excludes halogenated alkanes) is 34. The zero-order valence-electron chi connectivity index (χ0n) is 47.0. The fraction of sp³-hybridized carbons (Fsp3) is 0.867. The molecule has 0 radical (unpaired) electrons. The van der Waals surface area contributed by atoms with E-state index in [-0.39, 0.29) is 24.9 Å². The topological polar surface area (TPSA) is 114 Å². The van der Waals surface area contributed by atoms with E-state index in [0.29, 0.717) is 17.4 Å². The molecular weight excluding hydrogens is 892 g/mol. The van der Waals surface area contributed by atoms with Gasteiger partial charge in [0.05, 0.1) is 33.8 Å². The Labute approximate surface area is 434 Å². The molecule has 1 N–H and O–H groups in total. The predicted octanol–water partition coefficient (Wildman–Crippen LogP) is 17.3. The van der Waals surface area contributed by atoms with Crippen molar-refractivity contribution < 1.29 is 37.3 Å². The molecule has 0 aliphatic rings. The highest BCUT2D eigenvalue weighted by Gasteiger charge is 2.27. The monoisotopic (exact) mass is 1010 g/mol. The van der Waals surface area contributed by atoms with Crippen LogP contribution in [0.5, 0.6) is 0 Å². The first-order valence-electron chi connectivity index (χ1n) is 29.8. The number of phosphoric acid groups is 1. The first kappa shape index (κ1) is 68.2. The minimum atomic E-state index is -4.69. The summed E-state index contributed by atoms with van der Waals surface area (Å²) in [4.78, 5) is 39.9. The Morgan fingerprint density at radius 2 is 0.829 bits per heavy atom. The Bertz CT molecular complexity index is 1300. The van der Waals surface area contributed by atoms with Gasteiger partial charge in [0.2, 0.25) is 5.91 Å². The van der Waals surface area contributed by atoms with E-state index >= 15 is 0 Å². The Hall–Kier alpha value is -1.77. The van der Waals surface area contributed by atoms with Gasteiger partial charge in [-0.1, -0.05) is 225 Å². The van der Waals surface area contributed by atoms with Crippen LogP contribution in [-0.2, 0) is 27.9 Å². The Morgan fingerprint density at radius 1 is 0.486 bits per heavy atom. The molecule has 9 nitrogen and oxygen atoms in total. The van der Waals surface area contributed by atoms with Gasteiger partial charge < -0.3 is 28.5 Å². The molecule has 0 heterocycles. The van der Waals surface area contributed by atoms with Crippen LogP contribution in [0.4, 0.5) is 0 Å². The molecule has 0 saturated carbocycles. The second kappa shape index (κ2) is 50.7. The third-order valence-corrected chi connectivity index (χ3v) is 14.3. The van der Waals surface area contributed by atoms with Crippen molar-refractivity contribution >= 4 is 19.7 Å². The summed E-state index contributed by atoms with van der Waals surface area (Å²) >= 11 is 0. The summed E-state index contributed by atoms with van der Waals surface area (Å²) in [5, 5.41) is 3.02. The average molecular weight is 1010 g/mol. The van der Waals surface area contributed by atoms with Crippen LogP contribution in [0.3, 0.4) is 0 Å². The van der Waals surface area contributed by atoms with Gasteiger partial charge in [-0.25, -0.2) is 0 Å². The maximum absolute atomic E-state index is 13.5.